The number of allylic oxidation sites excluding steroid dienone is 20. The van der Waals surface area contributed by atoms with Gasteiger partial charge in [0, 0.05) is 19.3 Å². The van der Waals surface area contributed by atoms with Gasteiger partial charge in [-0.3, -0.25) is 14.4 Å². The van der Waals surface area contributed by atoms with Gasteiger partial charge < -0.3 is 14.2 Å². The van der Waals surface area contributed by atoms with Crippen LogP contribution >= 0.6 is 0 Å². The molecule has 0 amide bonds. The summed E-state index contributed by atoms with van der Waals surface area (Å²) in [6, 6.07) is 0. The first-order chi connectivity index (χ1) is 37.0. The summed E-state index contributed by atoms with van der Waals surface area (Å²) in [6.07, 6.45) is 86.3. The predicted octanol–water partition coefficient (Wildman–Crippen LogP) is 21.2. The molecule has 0 aliphatic heterocycles. The Bertz CT molecular complexity index is 1570. The summed E-state index contributed by atoms with van der Waals surface area (Å²) in [7, 11) is 0. The average Bonchev–Trinajstić information content (AvgIpc) is 3.41. The second-order valence-electron chi connectivity index (χ2n) is 20.2. The van der Waals surface area contributed by atoms with Gasteiger partial charge >= 0.3 is 17.9 Å². The molecular weight excluding hydrogens is 925 g/mol. The lowest BCUT2D eigenvalue weighted by Gasteiger charge is -2.18. The summed E-state index contributed by atoms with van der Waals surface area (Å²) in [4.78, 5) is 38.3. The Hall–Kier alpha value is -4.19. The Labute approximate surface area is 462 Å². The van der Waals surface area contributed by atoms with Gasteiger partial charge in [0.2, 0.25) is 0 Å². The Morgan fingerprint density at radius 1 is 0.280 bits per heavy atom. The summed E-state index contributed by atoms with van der Waals surface area (Å²) in [5.74, 6) is -0.956. The van der Waals surface area contributed by atoms with Gasteiger partial charge in [-0.15, -0.1) is 0 Å². The lowest BCUT2D eigenvalue weighted by atomic mass is 10.1. The molecule has 0 aromatic carbocycles. The van der Waals surface area contributed by atoms with E-state index in [1.165, 1.54) is 103 Å². The Morgan fingerprint density at radius 3 is 0.840 bits per heavy atom. The highest BCUT2D eigenvalue weighted by molar-refractivity contribution is 5.71. The van der Waals surface area contributed by atoms with Crippen LogP contribution in [-0.2, 0) is 28.6 Å². The summed E-state index contributed by atoms with van der Waals surface area (Å²) < 4.78 is 16.9. The number of hydrogen-bond donors (Lipinski definition) is 0. The number of hydrogen-bond acceptors (Lipinski definition) is 6. The molecule has 1 unspecified atom stereocenters. The number of unbranched alkanes of at least 4 members (excludes halogenated alkanes) is 24. The minimum absolute atomic E-state index is 0.104. The highest BCUT2D eigenvalue weighted by atomic mass is 16.6. The lowest BCUT2D eigenvalue weighted by molar-refractivity contribution is -0.167. The van der Waals surface area contributed by atoms with Crippen molar-refractivity contribution < 1.29 is 28.6 Å². The third kappa shape index (κ3) is 60.6. The van der Waals surface area contributed by atoms with E-state index in [9.17, 15) is 14.4 Å². The van der Waals surface area contributed by atoms with Crippen LogP contribution in [0, 0.1) is 0 Å². The summed E-state index contributed by atoms with van der Waals surface area (Å²) in [6.45, 7) is 6.37. The highest BCUT2D eigenvalue weighted by Crippen LogP contribution is 2.15. The predicted molar refractivity (Wildman–Crippen MR) is 325 cm³/mol. The fraction of sp³-hybridized carbons (Fsp3) is 0.667. The van der Waals surface area contributed by atoms with Crippen molar-refractivity contribution in [2.75, 3.05) is 13.2 Å². The van der Waals surface area contributed by atoms with E-state index in [0.29, 0.717) is 19.3 Å². The Morgan fingerprint density at radius 2 is 0.520 bits per heavy atom. The molecule has 0 fully saturated rings. The minimum Gasteiger partial charge on any atom is -0.462 e. The second-order valence-corrected chi connectivity index (χ2v) is 20.2. The molecule has 0 rings (SSSR count). The van der Waals surface area contributed by atoms with E-state index in [2.05, 4.69) is 142 Å². The standard InChI is InChI=1S/C69H114O6/c1-4-7-10-13-16-19-22-25-27-29-31-33-34-36-37-39-41-44-47-50-53-56-59-62-68(71)74-65-66(64-73-67(70)61-58-55-52-49-46-43-24-21-18-15-12-9-6-3)75-69(72)63-60-57-54-51-48-45-42-40-38-35-32-30-28-26-23-20-17-14-11-8-5-2/h7,9-10,12,16,18-19,21,25,27,30-33,36-37,41,43-44,46,66H,4-6,8,11,13-15,17,20,22-24,26,28-29,34-35,38-40,42,45,47-65H2,1-3H3/b10-7-,12-9-,19-16-,21-18-,27-25-,32-30-,33-31-,37-36-,44-41-,46-43-. The first kappa shape index (κ1) is 70.8. The zero-order chi connectivity index (χ0) is 54.3. The van der Waals surface area contributed by atoms with Crippen LogP contribution in [0.3, 0.4) is 0 Å². The number of esters is 3. The van der Waals surface area contributed by atoms with Crippen molar-refractivity contribution in [3.63, 3.8) is 0 Å². The maximum atomic E-state index is 12.9. The largest absolute Gasteiger partial charge is 0.462 e. The normalized spacial score (nSPS) is 12.9. The van der Waals surface area contributed by atoms with Crippen LogP contribution in [-0.4, -0.2) is 37.2 Å². The molecule has 0 aliphatic rings. The van der Waals surface area contributed by atoms with E-state index in [-0.39, 0.29) is 31.1 Å². The average molecular weight is 1040 g/mol. The van der Waals surface area contributed by atoms with Crippen molar-refractivity contribution in [3.8, 4) is 0 Å². The van der Waals surface area contributed by atoms with Crippen LogP contribution in [0.25, 0.3) is 0 Å². The van der Waals surface area contributed by atoms with Crippen molar-refractivity contribution in [2.45, 2.75) is 284 Å². The first-order valence-corrected chi connectivity index (χ1v) is 31.0. The molecule has 0 saturated heterocycles. The summed E-state index contributed by atoms with van der Waals surface area (Å²) >= 11 is 0. The molecule has 6 nitrogen and oxygen atoms in total. The molecular formula is C69H114O6. The van der Waals surface area contributed by atoms with Gasteiger partial charge in [-0.1, -0.05) is 251 Å². The van der Waals surface area contributed by atoms with Crippen LogP contribution in [0.4, 0.5) is 0 Å². The van der Waals surface area contributed by atoms with Crippen molar-refractivity contribution in [3.05, 3.63) is 122 Å². The third-order valence-corrected chi connectivity index (χ3v) is 12.9. The van der Waals surface area contributed by atoms with E-state index in [0.717, 1.165) is 135 Å². The molecule has 0 aliphatic carbocycles. The van der Waals surface area contributed by atoms with Crippen LogP contribution in [0.15, 0.2) is 122 Å². The quantitative estimate of drug-likeness (QED) is 0.0261. The van der Waals surface area contributed by atoms with E-state index in [4.69, 9.17) is 14.2 Å². The zero-order valence-electron chi connectivity index (χ0n) is 48.8. The number of carbonyl (C=O) groups excluding carboxylic acids is 3. The SMILES string of the molecule is CC/C=C\C/C=C\C/C=C\C/C=C\C/C=C\C/C=C\CCCCCCC(=O)OCC(COC(=O)CCCCC/C=C\C/C=C\C/C=C\CC)OC(=O)CCCCCCCCCCC/C=C\CCCCCCCCCC. The lowest BCUT2D eigenvalue weighted by Crippen LogP contribution is -2.30. The summed E-state index contributed by atoms with van der Waals surface area (Å²) in [5.41, 5.74) is 0. The van der Waals surface area contributed by atoms with E-state index < -0.39 is 6.10 Å². The Kier molecular flexibility index (Phi) is 58.9. The molecule has 0 bridgehead atoms. The van der Waals surface area contributed by atoms with E-state index in [1.807, 2.05) is 0 Å². The van der Waals surface area contributed by atoms with Gasteiger partial charge in [0.05, 0.1) is 0 Å². The first-order valence-electron chi connectivity index (χ1n) is 31.0. The van der Waals surface area contributed by atoms with Crippen LogP contribution in [0.2, 0.25) is 0 Å². The maximum absolute atomic E-state index is 12.9. The molecule has 0 radical (unpaired) electrons. The van der Waals surface area contributed by atoms with Gasteiger partial charge in [0.1, 0.15) is 13.2 Å². The molecule has 75 heavy (non-hydrogen) atoms. The van der Waals surface area contributed by atoms with Crippen LogP contribution in [0.5, 0.6) is 0 Å². The zero-order valence-corrected chi connectivity index (χ0v) is 48.8. The number of carbonyl (C=O) groups is 3. The summed E-state index contributed by atoms with van der Waals surface area (Å²) in [5, 5.41) is 0. The Balaban J connectivity index is 4.43. The van der Waals surface area contributed by atoms with E-state index >= 15 is 0 Å². The monoisotopic (exact) mass is 1040 g/mol. The van der Waals surface area contributed by atoms with Crippen molar-refractivity contribution >= 4 is 17.9 Å². The molecule has 0 aromatic rings. The number of rotatable bonds is 55. The van der Waals surface area contributed by atoms with Crippen LogP contribution in [0.1, 0.15) is 278 Å². The minimum atomic E-state index is -0.806. The molecule has 0 saturated carbocycles. The van der Waals surface area contributed by atoms with Gasteiger partial charge in [0.25, 0.3) is 0 Å². The molecule has 0 aromatic heterocycles. The third-order valence-electron chi connectivity index (χ3n) is 12.9. The van der Waals surface area contributed by atoms with Gasteiger partial charge in [-0.05, 0) is 128 Å². The molecule has 0 heterocycles. The smallest absolute Gasteiger partial charge is 0.306 e. The highest BCUT2D eigenvalue weighted by Gasteiger charge is 2.19. The fourth-order valence-corrected chi connectivity index (χ4v) is 8.34. The molecule has 0 N–H and O–H groups in total. The molecule has 0 spiro atoms. The van der Waals surface area contributed by atoms with Gasteiger partial charge in [-0.2, -0.15) is 0 Å². The van der Waals surface area contributed by atoms with Crippen molar-refractivity contribution in [1.82, 2.24) is 0 Å². The van der Waals surface area contributed by atoms with Crippen molar-refractivity contribution in [2.24, 2.45) is 0 Å². The van der Waals surface area contributed by atoms with Gasteiger partial charge in [0.15, 0.2) is 6.10 Å². The van der Waals surface area contributed by atoms with Crippen molar-refractivity contribution in [1.29, 1.82) is 0 Å². The van der Waals surface area contributed by atoms with Gasteiger partial charge in [-0.25, -0.2) is 0 Å². The van der Waals surface area contributed by atoms with E-state index in [1.54, 1.807) is 0 Å². The fourth-order valence-electron chi connectivity index (χ4n) is 8.34. The number of ether oxygens (including phenoxy) is 3. The van der Waals surface area contributed by atoms with Crippen LogP contribution < -0.4 is 0 Å². The molecule has 6 heteroatoms. The maximum Gasteiger partial charge on any atom is 0.306 e. The topological polar surface area (TPSA) is 78.9 Å². The molecule has 426 valence electrons. The second kappa shape index (κ2) is 62.4. The molecule has 1 atom stereocenters.